The van der Waals surface area contributed by atoms with E-state index >= 15 is 0 Å². The van der Waals surface area contributed by atoms with Gasteiger partial charge in [-0.2, -0.15) is 0 Å². The third-order valence-electron chi connectivity index (χ3n) is 4.75. The van der Waals surface area contributed by atoms with Gasteiger partial charge in [-0.1, -0.05) is 35.9 Å². The first-order valence-corrected chi connectivity index (χ1v) is 9.65. The van der Waals surface area contributed by atoms with Crippen molar-refractivity contribution in [2.75, 3.05) is 26.2 Å². The Hall–Kier alpha value is -2.11. The number of likely N-dealkylation sites (tertiary alicyclic amines) is 1. The van der Waals surface area contributed by atoms with E-state index in [0.717, 1.165) is 31.7 Å². The fraction of sp³-hybridized carbons (Fsp3) is 0.381. The highest BCUT2D eigenvalue weighted by molar-refractivity contribution is 6.31. The van der Waals surface area contributed by atoms with Gasteiger partial charge in [0, 0.05) is 17.1 Å². The number of halogens is 2. The summed E-state index contributed by atoms with van der Waals surface area (Å²) in [5.74, 6) is 0.280. The predicted octanol–water partition coefficient (Wildman–Crippen LogP) is 4.20. The maximum absolute atomic E-state index is 14.4. The smallest absolute Gasteiger partial charge is 0.223 e. The van der Waals surface area contributed by atoms with Crippen LogP contribution in [0.2, 0.25) is 5.02 Å². The van der Waals surface area contributed by atoms with E-state index in [2.05, 4.69) is 10.2 Å². The van der Waals surface area contributed by atoms with E-state index in [9.17, 15) is 9.18 Å². The number of ether oxygens (including phenoxy) is 1. The molecule has 1 unspecified atom stereocenters. The molecule has 0 aliphatic carbocycles. The second-order valence-electron chi connectivity index (χ2n) is 6.61. The Balaban J connectivity index is 1.57. The third kappa shape index (κ3) is 5.44. The maximum Gasteiger partial charge on any atom is 0.223 e. The van der Waals surface area contributed by atoms with Crippen LogP contribution in [-0.4, -0.2) is 37.0 Å². The molecule has 4 nitrogen and oxygen atoms in total. The molecule has 1 aliphatic heterocycles. The molecule has 144 valence electrons. The molecular formula is C21H24ClFN2O2. The summed E-state index contributed by atoms with van der Waals surface area (Å²) in [4.78, 5) is 14.4. The lowest BCUT2D eigenvalue weighted by Crippen LogP contribution is -2.37. The van der Waals surface area contributed by atoms with Gasteiger partial charge in [0.25, 0.3) is 0 Å². The highest BCUT2D eigenvalue weighted by atomic mass is 35.5. The molecule has 27 heavy (non-hydrogen) atoms. The molecule has 1 atom stereocenters. The summed E-state index contributed by atoms with van der Waals surface area (Å²) in [5, 5.41) is 3.31. The first kappa shape index (κ1) is 19.6. The SMILES string of the molecule is O=C(CCOc1ccccc1)NCC(c1c(F)cccc1Cl)N1CCCC1. The quantitative estimate of drug-likeness (QED) is 0.734. The largest absolute Gasteiger partial charge is 0.493 e. The number of hydrogen-bond acceptors (Lipinski definition) is 3. The first-order chi connectivity index (χ1) is 13.1. The Bertz CT molecular complexity index is 731. The third-order valence-corrected chi connectivity index (χ3v) is 5.08. The van der Waals surface area contributed by atoms with Crippen LogP contribution in [-0.2, 0) is 4.79 Å². The molecule has 1 aliphatic rings. The average Bonchev–Trinajstić information content (AvgIpc) is 3.19. The second-order valence-corrected chi connectivity index (χ2v) is 7.02. The first-order valence-electron chi connectivity index (χ1n) is 9.27. The Kier molecular flexibility index (Phi) is 7.07. The number of hydrogen-bond donors (Lipinski definition) is 1. The zero-order valence-electron chi connectivity index (χ0n) is 15.2. The molecule has 1 amide bonds. The fourth-order valence-corrected chi connectivity index (χ4v) is 3.66. The van der Waals surface area contributed by atoms with E-state index in [1.54, 1.807) is 12.1 Å². The van der Waals surface area contributed by atoms with Gasteiger partial charge in [0.05, 0.1) is 19.1 Å². The average molecular weight is 391 g/mol. The molecule has 0 spiro atoms. The lowest BCUT2D eigenvalue weighted by molar-refractivity contribution is -0.121. The maximum atomic E-state index is 14.4. The molecule has 0 aromatic heterocycles. The number of benzene rings is 2. The summed E-state index contributed by atoms with van der Waals surface area (Å²) < 4.78 is 20.0. The number of carbonyl (C=O) groups excluding carboxylic acids is 1. The lowest BCUT2D eigenvalue weighted by atomic mass is 10.0. The highest BCUT2D eigenvalue weighted by Crippen LogP contribution is 2.31. The number of nitrogens with zero attached hydrogens (tertiary/aromatic N) is 1. The molecule has 1 N–H and O–H groups in total. The van der Waals surface area contributed by atoms with E-state index < -0.39 is 0 Å². The van der Waals surface area contributed by atoms with E-state index in [1.807, 2.05) is 30.3 Å². The van der Waals surface area contributed by atoms with Gasteiger partial charge >= 0.3 is 0 Å². The number of rotatable bonds is 8. The van der Waals surface area contributed by atoms with E-state index in [4.69, 9.17) is 16.3 Å². The molecule has 1 fully saturated rings. The Morgan fingerprint density at radius 1 is 1.15 bits per heavy atom. The van der Waals surface area contributed by atoms with Crippen molar-refractivity contribution >= 4 is 17.5 Å². The van der Waals surface area contributed by atoms with Crippen LogP contribution in [0.15, 0.2) is 48.5 Å². The van der Waals surface area contributed by atoms with Gasteiger partial charge in [-0.3, -0.25) is 9.69 Å². The van der Waals surface area contributed by atoms with Crippen LogP contribution in [0.1, 0.15) is 30.9 Å². The van der Waals surface area contributed by atoms with Gasteiger partial charge < -0.3 is 10.1 Å². The Labute approximate surface area is 164 Å². The van der Waals surface area contributed by atoms with Crippen molar-refractivity contribution in [1.82, 2.24) is 10.2 Å². The van der Waals surface area contributed by atoms with Crippen LogP contribution in [0, 0.1) is 5.82 Å². The number of carbonyl (C=O) groups is 1. The topological polar surface area (TPSA) is 41.6 Å². The van der Waals surface area contributed by atoms with Gasteiger partial charge in [0.1, 0.15) is 11.6 Å². The zero-order chi connectivity index (χ0) is 19.1. The molecule has 0 bridgehead atoms. The minimum Gasteiger partial charge on any atom is -0.493 e. The molecular weight excluding hydrogens is 367 g/mol. The van der Waals surface area contributed by atoms with Crippen LogP contribution in [0.4, 0.5) is 4.39 Å². The predicted molar refractivity (Wildman–Crippen MR) is 105 cm³/mol. The van der Waals surface area contributed by atoms with Crippen molar-refractivity contribution in [3.63, 3.8) is 0 Å². The van der Waals surface area contributed by atoms with Crippen molar-refractivity contribution in [3.8, 4) is 5.75 Å². The summed E-state index contributed by atoms with van der Waals surface area (Å²) in [5.41, 5.74) is 0.460. The normalized spacial score (nSPS) is 15.5. The number of amides is 1. The molecule has 0 radical (unpaired) electrons. The van der Waals surface area contributed by atoms with Gasteiger partial charge in [-0.15, -0.1) is 0 Å². The van der Waals surface area contributed by atoms with E-state index in [-0.39, 0.29) is 24.2 Å². The number of para-hydroxylation sites is 1. The monoisotopic (exact) mass is 390 g/mol. The molecule has 6 heteroatoms. The van der Waals surface area contributed by atoms with Gasteiger partial charge in [0.2, 0.25) is 5.91 Å². The standard InChI is InChI=1S/C21H24ClFN2O2/c22-17-9-6-10-18(23)21(17)19(25-12-4-5-13-25)15-24-20(26)11-14-27-16-7-2-1-3-8-16/h1-3,6-10,19H,4-5,11-15H2,(H,24,26). The Morgan fingerprint density at radius 2 is 1.89 bits per heavy atom. The molecule has 3 rings (SSSR count). The Morgan fingerprint density at radius 3 is 2.59 bits per heavy atom. The van der Waals surface area contributed by atoms with Gasteiger partial charge in [-0.25, -0.2) is 4.39 Å². The summed E-state index contributed by atoms with van der Waals surface area (Å²) in [6.07, 6.45) is 2.38. The van der Waals surface area contributed by atoms with Crippen LogP contribution < -0.4 is 10.1 Å². The zero-order valence-corrected chi connectivity index (χ0v) is 15.9. The minimum atomic E-state index is -0.332. The molecule has 2 aromatic rings. The van der Waals surface area contributed by atoms with E-state index in [0.29, 0.717) is 23.7 Å². The molecule has 0 saturated carbocycles. The lowest BCUT2D eigenvalue weighted by Gasteiger charge is -2.29. The summed E-state index contributed by atoms with van der Waals surface area (Å²) in [6, 6.07) is 13.8. The number of nitrogens with one attached hydrogen (secondary N) is 1. The second kappa shape index (κ2) is 9.72. The van der Waals surface area contributed by atoms with Crippen molar-refractivity contribution in [2.45, 2.75) is 25.3 Å². The van der Waals surface area contributed by atoms with Crippen molar-refractivity contribution < 1.29 is 13.9 Å². The molecule has 1 heterocycles. The van der Waals surface area contributed by atoms with Gasteiger partial charge in [-0.05, 0) is 50.2 Å². The summed E-state index contributed by atoms with van der Waals surface area (Å²) >= 11 is 6.27. The van der Waals surface area contributed by atoms with Crippen molar-refractivity contribution in [2.24, 2.45) is 0 Å². The molecule has 2 aromatic carbocycles. The highest BCUT2D eigenvalue weighted by Gasteiger charge is 2.28. The van der Waals surface area contributed by atoms with Gasteiger partial charge in [0.15, 0.2) is 0 Å². The van der Waals surface area contributed by atoms with Crippen LogP contribution in [0.3, 0.4) is 0 Å². The minimum absolute atomic E-state index is 0.123. The summed E-state index contributed by atoms with van der Waals surface area (Å²) in [7, 11) is 0. The van der Waals surface area contributed by atoms with Crippen molar-refractivity contribution in [1.29, 1.82) is 0 Å². The van der Waals surface area contributed by atoms with Crippen LogP contribution in [0.5, 0.6) is 5.75 Å². The molecule has 1 saturated heterocycles. The van der Waals surface area contributed by atoms with Crippen LogP contribution in [0.25, 0.3) is 0 Å². The summed E-state index contributed by atoms with van der Waals surface area (Å²) in [6.45, 7) is 2.38. The fourth-order valence-electron chi connectivity index (χ4n) is 3.37. The van der Waals surface area contributed by atoms with E-state index in [1.165, 1.54) is 6.07 Å². The van der Waals surface area contributed by atoms with Crippen molar-refractivity contribution in [3.05, 3.63) is 64.9 Å². The van der Waals surface area contributed by atoms with Crippen LogP contribution >= 0.6 is 11.6 Å².